The molecule has 27 heavy (non-hydrogen) atoms. The van der Waals surface area contributed by atoms with E-state index in [2.05, 4.69) is 6.92 Å². The Hall–Kier alpha value is -0.570. The molecule has 0 N–H and O–H groups in total. The SMILES string of the molecule is CCCCCCCCCCCCCCCCCC(=O)OCCCCCOC. The van der Waals surface area contributed by atoms with Gasteiger partial charge in [0.2, 0.25) is 0 Å². The number of ether oxygens (including phenoxy) is 2. The van der Waals surface area contributed by atoms with E-state index in [0.717, 1.165) is 32.3 Å². The zero-order valence-electron chi connectivity index (χ0n) is 18.6. The van der Waals surface area contributed by atoms with Crippen LogP contribution in [-0.4, -0.2) is 26.3 Å². The van der Waals surface area contributed by atoms with Crippen molar-refractivity contribution in [2.24, 2.45) is 0 Å². The molecule has 0 amide bonds. The average molecular weight is 385 g/mol. The number of carbonyl (C=O) groups excluding carboxylic acids is 1. The molecule has 0 radical (unpaired) electrons. The van der Waals surface area contributed by atoms with E-state index in [1.165, 1.54) is 89.9 Å². The largest absolute Gasteiger partial charge is 0.466 e. The predicted molar refractivity (Wildman–Crippen MR) is 116 cm³/mol. The molecule has 0 aliphatic carbocycles. The number of hydrogen-bond acceptors (Lipinski definition) is 3. The average Bonchev–Trinajstić information content (AvgIpc) is 2.67. The number of esters is 1. The van der Waals surface area contributed by atoms with Gasteiger partial charge in [0.1, 0.15) is 0 Å². The topological polar surface area (TPSA) is 35.5 Å². The fourth-order valence-corrected chi connectivity index (χ4v) is 3.42. The van der Waals surface area contributed by atoms with Gasteiger partial charge in [-0.1, -0.05) is 96.8 Å². The fourth-order valence-electron chi connectivity index (χ4n) is 3.42. The molecule has 3 nitrogen and oxygen atoms in total. The normalized spacial score (nSPS) is 11.0. The Labute approximate surface area is 170 Å². The molecule has 0 aromatic rings. The van der Waals surface area contributed by atoms with Crippen molar-refractivity contribution in [3.63, 3.8) is 0 Å². The first kappa shape index (κ1) is 26.4. The van der Waals surface area contributed by atoms with Crippen LogP contribution in [0.3, 0.4) is 0 Å². The van der Waals surface area contributed by atoms with Gasteiger partial charge >= 0.3 is 5.97 Å². The lowest BCUT2D eigenvalue weighted by Gasteiger charge is -2.05. The summed E-state index contributed by atoms with van der Waals surface area (Å²) in [6, 6.07) is 0. The number of methoxy groups -OCH3 is 1. The first-order valence-corrected chi connectivity index (χ1v) is 12.0. The summed E-state index contributed by atoms with van der Waals surface area (Å²) < 4.78 is 10.3. The van der Waals surface area contributed by atoms with E-state index in [1.54, 1.807) is 7.11 Å². The second-order valence-corrected chi connectivity index (χ2v) is 7.97. The van der Waals surface area contributed by atoms with E-state index in [9.17, 15) is 4.79 Å². The molecule has 0 spiro atoms. The Morgan fingerprint density at radius 2 is 0.963 bits per heavy atom. The zero-order chi connectivity index (χ0) is 19.8. The molecule has 3 heteroatoms. The Morgan fingerprint density at radius 1 is 0.556 bits per heavy atom. The van der Waals surface area contributed by atoms with Crippen LogP contribution in [0, 0.1) is 0 Å². The Balaban J connectivity index is 3.10. The van der Waals surface area contributed by atoms with Gasteiger partial charge in [-0.3, -0.25) is 4.79 Å². The fraction of sp³-hybridized carbons (Fsp3) is 0.958. The van der Waals surface area contributed by atoms with Crippen molar-refractivity contribution in [2.75, 3.05) is 20.3 Å². The van der Waals surface area contributed by atoms with Crippen molar-refractivity contribution >= 4 is 5.97 Å². The first-order valence-electron chi connectivity index (χ1n) is 12.0. The molecule has 0 bridgehead atoms. The molecular weight excluding hydrogens is 336 g/mol. The summed E-state index contributed by atoms with van der Waals surface area (Å²) in [6.45, 7) is 3.65. The second-order valence-electron chi connectivity index (χ2n) is 7.97. The van der Waals surface area contributed by atoms with Crippen LogP contribution in [-0.2, 0) is 14.3 Å². The van der Waals surface area contributed by atoms with Crippen LogP contribution in [0.1, 0.15) is 129 Å². The number of carbonyl (C=O) groups is 1. The monoisotopic (exact) mass is 384 g/mol. The van der Waals surface area contributed by atoms with Crippen LogP contribution in [0.2, 0.25) is 0 Å². The highest BCUT2D eigenvalue weighted by atomic mass is 16.5. The van der Waals surface area contributed by atoms with Crippen LogP contribution in [0.15, 0.2) is 0 Å². The molecule has 0 rings (SSSR count). The van der Waals surface area contributed by atoms with Gasteiger partial charge in [0.25, 0.3) is 0 Å². The second kappa shape index (κ2) is 23.5. The summed E-state index contributed by atoms with van der Waals surface area (Å²) in [5, 5.41) is 0. The van der Waals surface area contributed by atoms with Crippen molar-refractivity contribution in [1.82, 2.24) is 0 Å². The maximum atomic E-state index is 11.6. The molecule has 0 heterocycles. The minimum atomic E-state index is -0.0172. The van der Waals surface area contributed by atoms with Gasteiger partial charge in [-0.2, -0.15) is 0 Å². The lowest BCUT2D eigenvalue weighted by molar-refractivity contribution is -0.143. The number of rotatable bonds is 22. The molecule has 0 fully saturated rings. The Bertz CT molecular complexity index is 291. The van der Waals surface area contributed by atoms with Crippen molar-refractivity contribution in [2.45, 2.75) is 129 Å². The highest BCUT2D eigenvalue weighted by Crippen LogP contribution is 2.13. The molecule has 0 saturated carbocycles. The zero-order valence-corrected chi connectivity index (χ0v) is 18.6. The molecule has 0 aromatic heterocycles. The van der Waals surface area contributed by atoms with E-state index in [-0.39, 0.29) is 5.97 Å². The summed E-state index contributed by atoms with van der Waals surface area (Å²) in [5.74, 6) is -0.0172. The highest BCUT2D eigenvalue weighted by molar-refractivity contribution is 5.69. The van der Waals surface area contributed by atoms with Crippen molar-refractivity contribution < 1.29 is 14.3 Å². The third-order valence-electron chi connectivity index (χ3n) is 5.24. The van der Waals surface area contributed by atoms with Crippen LogP contribution in [0.25, 0.3) is 0 Å². The van der Waals surface area contributed by atoms with Crippen molar-refractivity contribution in [3.05, 3.63) is 0 Å². The van der Waals surface area contributed by atoms with Crippen LogP contribution >= 0.6 is 0 Å². The Morgan fingerprint density at radius 3 is 1.44 bits per heavy atom. The minimum Gasteiger partial charge on any atom is -0.466 e. The predicted octanol–water partition coefficient (Wildman–Crippen LogP) is 7.61. The highest BCUT2D eigenvalue weighted by Gasteiger charge is 2.02. The summed E-state index contributed by atoms with van der Waals surface area (Å²) in [7, 11) is 1.72. The molecule has 162 valence electrons. The lowest BCUT2D eigenvalue weighted by Crippen LogP contribution is -2.05. The summed E-state index contributed by atoms with van der Waals surface area (Å²) in [4.78, 5) is 11.6. The lowest BCUT2D eigenvalue weighted by atomic mass is 10.0. The van der Waals surface area contributed by atoms with E-state index < -0.39 is 0 Å². The molecule has 0 aliphatic rings. The summed E-state index contributed by atoms with van der Waals surface area (Å²) >= 11 is 0. The third-order valence-corrected chi connectivity index (χ3v) is 5.24. The van der Waals surface area contributed by atoms with Crippen LogP contribution in [0.5, 0.6) is 0 Å². The minimum absolute atomic E-state index is 0.0172. The maximum Gasteiger partial charge on any atom is 0.305 e. The smallest absolute Gasteiger partial charge is 0.305 e. The Kier molecular flexibility index (Phi) is 23.0. The van der Waals surface area contributed by atoms with Gasteiger partial charge in [-0.25, -0.2) is 0 Å². The standard InChI is InChI=1S/C24H48O3/c1-3-4-5-6-7-8-9-10-11-12-13-14-15-16-18-21-24(25)27-23-20-17-19-22-26-2/h3-23H2,1-2H3. The van der Waals surface area contributed by atoms with Gasteiger partial charge in [-0.05, 0) is 25.7 Å². The quantitative estimate of drug-likeness (QED) is 0.142. The van der Waals surface area contributed by atoms with Gasteiger partial charge < -0.3 is 9.47 Å². The van der Waals surface area contributed by atoms with Crippen molar-refractivity contribution in [3.8, 4) is 0 Å². The van der Waals surface area contributed by atoms with Gasteiger partial charge in [0, 0.05) is 20.1 Å². The van der Waals surface area contributed by atoms with Gasteiger partial charge in [0.05, 0.1) is 6.61 Å². The number of hydrogen-bond donors (Lipinski definition) is 0. The van der Waals surface area contributed by atoms with E-state index in [0.29, 0.717) is 13.0 Å². The first-order chi connectivity index (χ1) is 13.3. The van der Waals surface area contributed by atoms with Gasteiger partial charge in [-0.15, -0.1) is 0 Å². The molecule has 0 unspecified atom stereocenters. The molecular formula is C24H48O3. The van der Waals surface area contributed by atoms with Crippen LogP contribution < -0.4 is 0 Å². The van der Waals surface area contributed by atoms with Crippen LogP contribution in [0.4, 0.5) is 0 Å². The van der Waals surface area contributed by atoms with E-state index in [1.807, 2.05) is 0 Å². The summed E-state index contributed by atoms with van der Waals surface area (Å²) in [6.07, 6.45) is 23.9. The van der Waals surface area contributed by atoms with E-state index in [4.69, 9.17) is 9.47 Å². The third kappa shape index (κ3) is 23.4. The number of unbranched alkanes of at least 4 members (excludes halogenated alkanes) is 16. The van der Waals surface area contributed by atoms with E-state index >= 15 is 0 Å². The molecule has 0 atom stereocenters. The summed E-state index contributed by atoms with van der Waals surface area (Å²) in [5.41, 5.74) is 0. The van der Waals surface area contributed by atoms with Gasteiger partial charge in [0.15, 0.2) is 0 Å². The maximum absolute atomic E-state index is 11.6. The molecule has 0 aliphatic heterocycles. The van der Waals surface area contributed by atoms with Crippen molar-refractivity contribution in [1.29, 1.82) is 0 Å². The molecule has 0 saturated heterocycles. The molecule has 0 aromatic carbocycles.